The van der Waals surface area contributed by atoms with Gasteiger partial charge in [-0.25, -0.2) is 13.1 Å². The van der Waals surface area contributed by atoms with Gasteiger partial charge in [-0.15, -0.1) is 0 Å². The van der Waals surface area contributed by atoms with Crippen LogP contribution >= 0.6 is 0 Å². The maximum atomic E-state index is 11.2. The van der Waals surface area contributed by atoms with E-state index in [9.17, 15) is 13.5 Å². The molecule has 0 saturated carbocycles. The van der Waals surface area contributed by atoms with E-state index in [2.05, 4.69) is 15.7 Å². The number of rotatable bonds is 6. The lowest BCUT2D eigenvalue weighted by Gasteiger charge is -2.34. The van der Waals surface area contributed by atoms with Crippen LogP contribution in [-0.2, 0) is 10.0 Å². The molecule has 1 heterocycles. The molecular weight excluding hydrogens is 312 g/mol. The standard InChI is InChI=1S/C17H28N2O3S/c1-13-6-7-14(2)16(9-13)17(20)12-19-8-4-5-15(11-19)10-18-23(3,21)22/h6-7,9,15,17-18,20H,4-5,8,10-12H2,1-3H3/t15-,17+/m0/s1. The molecule has 6 heteroatoms. The van der Waals surface area contributed by atoms with Crippen LogP contribution in [0.5, 0.6) is 0 Å². The highest BCUT2D eigenvalue weighted by atomic mass is 32.2. The van der Waals surface area contributed by atoms with Crippen LogP contribution < -0.4 is 4.72 Å². The van der Waals surface area contributed by atoms with Crippen LogP contribution in [0.15, 0.2) is 18.2 Å². The molecule has 2 atom stereocenters. The number of aryl methyl sites for hydroxylation is 2. The normalized spacial score (nSPS) is 21.3. The van der Waals surface area contributed by atoms with Gasteiger partial charge >= 0.3 is 0 Å². The zero-order valence-electron chi connectivity index (χ0n) is 14.2. The molecule has 1 saturated heterocycles. The van der Waals surface area contributed by atoms with Gasteiger partial charge in [-0.05, 0) is 50.3 Å². The molecular formula is C17H28N2O3S. The molecule has 2 N–H and O–H groups in total. The minimum atomic E-state index is -3.14. The first-order valence-electron chi connectivity index (χ1n) is 8.17. The Balaban J connectivity index is 1.93. The van der Waals surface area contributed by atoms with E-state index in [0.717, 1.165) is 42.6 Å². The summed E-state index contributed by atoms with van der Waals surface area (Å²) in [6.07, 6.45) is 2.75. The topological polar surface area (TPSA) is 69.6 Å². The molecule has 1 aliphatic heterocycles. The van der Waals surface area contributed by atoms with Crippen LogP contribution in [0.25, 0.3) is 0 Å². The molecule has 0 unspecified atom stereocenters. The highest BCUT2D eigenvalue weighted by Gasteiger charge is 2.23. The Morgan fingerprint density at radius 2 is 2.13 bits per heavy atom. The Morgan fingerprint density at radius 3 is 2.83 bits per heavy atom. The predicted molar refractivity (Wildman–Crippen MR) is 92.9 cm³/mol. The number of nitrogens with one attached hydrogen (secondary N) is 1. The third kappa shape index (κ3) is 5.88. The first-order valence-corrected chi connectivity index (χ1v) is 10.1. The van der Waals surface area contributed by atoms with Crippen molar-refractivity contribution in [2.24, 2.45) is 5.92 Å². The maximum absolute atomic E-state index is 11.2. The van der Waals surface area contributed by atoms with Crippen molar-refractivity contribution in [2.45, 2.75) is 32.8 Å². The molecule has 1 aliphatic rings. The molecule has 0 aromatic heterocycles. The number of sulfonamides is 1. The summed E-state index contributed by atoms with van der Waals surface area (Å²) >= 11 is 0. The Bertz CT molecular complexity index is 631. The van der Waals surface area contributed by atoms with E-state index in [4.69, 9.17) is 0 Å². The van der Waals surface area contributed by atoms with Crippen LogP contribution in [-0.4, -0.2) is 50.9 Å². The third-order valence-corrected chi connectivity index (χ3v) is 5.15. The number of aliphatic hydroxyl groups excluding tert-OH is 1. The minimum Gasteiger partial charge on any atom is -0.387 e. The van der Waals surface area contributed by atoms with Gasteiger partial charge in [0.1, 0.15) is 0 Å². The minimum absolute atomic E-state index is 0.310. The van der Waals surface area contributed by atoms with Crippen molar-refractivity contribution in [3.8, 4) is 0 Å². The van der Waals surface area contributed by atoms with E-state index in [0.29, 0.717) is 19.0 Å². The Labute approximate surface area is 139 Å². The zero-order valence-corrected chi connectivity index (χ0v) is 15.1. The maximum Gasteiger partial charge on any atom is 0.208 e. The highest BCUT2D eigenvalue weighted by Crippen LogP contribution is 2.23. The molecule has 0 spiro atoms. The summed E-state index contributed by atoms with van der Waals surface area (Å²) in [5.74, 6) is 0.310. The second kappa shape index (κ2) is 7.75. The van der Waals surface area contributed by atoms with Gasteiger partial charge in [-0.1, -0.05) is 23.8 Å². The molecule has 23 heavy (non-hydrogen) atoms. The van der Waals surface area contributed by atoms with Gasteiger partial charge in [0.25, 0.3) is 0 Å². The lowest BCUT2D eigenvalue weighted by Crippen LogP contribution is -2.42. The number of β-amino-alcohol motifs (C(OH)–C–C–N with tert-alkyl or cyclic N) is 1. The van der Waals surface area contributed by atoms with Crippen LogP contribution in [0, 0.1) is 19.8 Å². The molecule has 1 fully saturated rings. The average Bonchev–Trinajstić information content (AvgIpc) is 2.47. The van der Waals surface area contributed by atoms with Gasteiger partial charge in [-0.3, -0.25) is 0 Å². The van der Waals surface area contributed by atoms with E-state index in [1.807, 2.05) is 26.0 Å². The lowest BCUT2D eigenvalue weighted by atomic mass is 9.96. The predicted octanol–water partition coefficient (Wildman–Crippen LogP) is 1.60. The monoisotopic (exact) mass is 340 g/mol. The first kappa shape index (κ1) is 18.4. The number of nitrogens with zero attached hydrogens (tertiary/aromatic N) is 1. The van der Waals surface area contributed by atoms with Crippen LogP contribution in [0.4, 0.5) is 0 Å². The number of likely N-dealkylation sites (tertiary alicyclic amines) is 1. The SMILES string of the molecule is Cc1ccc(C)c([C@H](O)CN2CCC[C@@H](CNS(C)(=O)=O)C2)c1. The Hall–Kier alpha value is -0.950. The van der Waals surface area contributed by atoms with Crippen molar-refractivity contribution in [3.05, 3.63) is 34.9 Å². The van der Waals surface area contributed by atoms with Gasteiger partial charge in [-0.2, -0.15) is 0 Å². The summed E-state index contributed by atoms with van der Waals surface area (Å²) in [7, 11) is -3.14. The van der Waals surface area contributed by atoms with Gasteiger partial charge < -0.3 is 10.0 Å². The summed E-state index contributed by atoms with van der Waals surface area (Å²) in [5, 5.41) is 10.6. The summed E-state index contributed by atoms with van der Waals surface area (Å²) in [4.78, 5) is 2.24. The molecule has 0 radical (unpaired) electrons. The molecule has 0 amide bonds. The fourth-order valence-corrected chi connectivity index (χ4v) is 3.75. The van der Waals surface area contributed by atoms with Crippen molar-refractivity contribution in [1.82, 2.24) is 9.62 Å². The highest BCUT2D eigenvalue weighted by molar-refractivity contribution is 7.88. The van der Waals surface area contributed by atoms with Crippen molar-refractivity contribution in [2.75, 3.05) is 32.4 Å². The van der Waals surface area contributed by atoms with E-state index in [1.165, 1.54) is 6.26 Å². The van der Waals surface area contributed by atoms with Crippen LogP contribution in [0.2, 0.25) is 0 Å². The second-order valence-electron chi connectivity index (χ2n) is 6.76. The smallest absolute Gasteiger partial charge is 0.208 e. The lowest BCUT2D eigenvalue weighted by molar-refractivity contribution is 0.0848. The van der Waals surface area contributed by atoms with Crippen molar-refractivity contribution >= 4 is 10.0 Å². The number of benzene rings is 1. The summed E-state index contributed by atoms with van der Waals surface area (Å²) in [5.41, 5.74) is 3.25. The number of aliphatic hydroxyl groups is 1. The summed E-state index contributed by atoms with van der Waals surface area (Å²) in [6.45, 7) is 6.91. The van der Waals surface area contributed by atoms with Gasteiger partial charge in [0.15, 0.2) is 0 Å². The molecule has 130 valence electrons. The van der Waals surface area contributed by atoms with E-state index >= 15 is 0 Å². The average molecular weight is 340 g/mol. The molecule has 0 aliphatic carbocycles. The van der Waals surface area contributed by atoms with Gasteiger partial charge in [0.05, 0.1) is 12.4 Å². The van der Waals surface area contributed by atoms with Crippen molar-refractivity contribution < 1.29 is 13.5 Å². The van der Waals surface area contributed by atoms with Gasteiger partial charge in [0.2, 0.25) is 10.0 Å². The molecule has 2 rings (SSSR count). The number of piperidine rings is 1. The van der Waals surface area contributed by atoms with E-state index < -0.39 is 16.1 Å². The fraction of sp³-hybridized carbons (Fsp3) is 0.647. The molecule has 5 nitrogen and oxygen atoms in total. The molecule has 1 aromatic carbocycles. The summed E-state index contributed by atoms with van der Waals surface area (Å²) in [6, 6.07) is 6.15. The quantitative estimate of drug-likeness (QED) is 0.825. The van der Waals surface area contributed by atoms with Crippen molar-refractivity contribution in [3.63, 3.8) is 0 Å². The van der Waals surface area contributed by atoms with Gasteiger partial charge in [0, 0.05) is 19.6 Å². The zero-order chi connectivity index (χ0) is 17.0. The Morgan fingerprint density at radius 1 is 1.39 bits per heavy atom. The number of hydrogen-bond donors (Lipinski definition) is 2. The fourth-order valence-electron chi connectivity index (χ4n) is 3.21. The number of hydrogen-bond acceptors (Lipinski definition) is 4. The summed E-state index contributed by atoms with van der Waals surface area (Å²) < 4.78 is 25.0. The van der Waals surface area contributed by atoms with Crippen LogP contribution in [0.1, 0.15) is 35.6 Å². The Kier molecular flexibility index (Phi) is 6.19. The largest absolute Gasteiger partial charge is 0.387 e. The van der Waals surface area contributed by atoms with Crippen LogP contribution in [0.3, 0.4) is 0 Å². The first-order chi connectivity index (χ1) is 10.7. The second-order valence-corrected chi connectivity index (χ2v) is 8.60. The molecule has 1 aromatic rings. The van der Waals surface area contributed by atoms with E-state index in [1.54, 1.807) is 0 Å². The van der Waals surface area contributed by atoms with Crippen molar-refractivity contribution in [1.29, 1.82) is 0 Å². The molecule has 0 bridgehead atoms. The van der Waals surface area contributed by atoms with E-state index in [-0.39, 0.29) is 0 Å². The third-order valence-electron chi connectivity index (χ3n) is 4.46.